The van der Waals surface area contributed by atoms with Crippen molar-refractivity contribution in [3.05, 3.63) is 0 Å². The summed E-state index contributed by atoms with van der Waals surface area (Å²) in [5.74, 6) is 0. The maximum atomic E-state index is 9.71. The van der Waals surface area contributed by atoms with Crippen LogP contribution in [0, 0.1) is 0 Å². The van der Waals surface area contributed by atoms with Gasteiger partial charge in [0.1, 0.15) is 0 Å². The van der Waals surface area contributed by atoms with Gasteiger partial charge in [-0.3, -0.25) is 5.43 Å². The Morgan fingerprint density at radius 3 is 2.62 bits per heavy atom. The quantitative estimate of drug-likeness (QED) is 0.524. The maximum absolute atomic E-state index is 9.71. The minimum absolute atomic E-state index is 0.140. The molecule has 1 fully saturated rings. The molecule has 0 saturated carbocycles. The molecular weight excluding hydrogens is 166 g/mol. The van der Waals surface area contributed by atoms with Crippen molar-refractivity contribution < 1.29 is 5.11 Å². The Kier molecular flexibility index (Phi) is 3.29. The third-order valence-corrected chi connectivity index (χ3v) is 2.79. The Morgan fingerprint density at radius 1 is 1.62 bits per heavy atom. The lowest BCUT2D eigenvalue weighted by atomic mass is 10.00. The van der Waals surface area contributed by atoms with Crippen molar-refractivity contribution in [1.29, 1.82) is 0 Å². The number of hydrogen-bond acceptors (Lipinski definition) is 4. The van der Waals surface area contributed by atoms with Crippen molar-refractivity contribution in [2.24, 2.45) is 0 Å². The number of aliphatic hydroxyl groups is 1. The highest BCUT2D eigenvalue weighted by Gasteiger charge is 2.38. The van der Waals surface area contributed by atoms with Gasteiger partial charge in [0, 0.05) is 25.2 Å². The minimum atomic E-state index is -0.234. The zero-order valence-electron chi connectivity index (χ0n) is 8.96. The third kappa shape index (κ3) is 2.64. The molecule has 0 spiro atoms. The van der Waals surface area contributed by atoms with Crippen molar-refractivity contribution in [2.75, 3.05) is 20.6 Å². The summed E-state index contributed by atoms with van der Waals surface area (Å²) in [5, 5.41) is 15.1. The topological polar surface area (TPSA) is 47.5 Å². The zero-order valence-corrected chi connectivity index (χ0v) is 8.96. The number of hydrogen-bond donors (Lipinski definition) is 3. The Hall–Kier alpha value is -0.160. The van der Waals surface area contributed by atoms with Crippen LogP contribution in [0.4, 0.5) is 0 Å². The average molecular weight is 187 g/mol. The van der Waals surface area contributed by atoms with Crippen LogP contribution < -0.4 is 10.7 Å². The fourth-order valence-corrected chi connectivity index (χ4v) is 1.79. The number of rotatable bonds is 3. The Morgan fingerprint density at radius 2 is 2.23 bits per heavy atom. The largest absolute Gasteiger partial charge is 0.391 e. The lowest BCUT2D eigenvalue weighted by molar-refractivity contribution is 0.118. The van der Waals surface area contributed by atoms with Crippen LogP contribution in [0.25, 0.3) is 0 Å². The molecule has 0 aromatic rings. The number of nitrogens with zero attached hydrogens (tertiary/aromatic N) is 1. The summed E-state index contributed by atoms with van der Waals surface area (Å²) in [6.45, 7) is 4.99. The fraction of sp³-hybridized carbons (Fsp3) is 1.00. The molecule has 0 aromatic carbocycles. The van der Waals surface area contributed by atoms with Gasteiger partial charge in [-0.15, -0.1) is 0 Å². The van der Waals surface area contributed by atoms with Crippen LogP contribution >= 0.6 is 0 Å². The molecule has 78 valence electrons. The van der Waals surface area contributed by atoms with Gasteiger partial charge in [0.25, 0.3) is 0 Å². The maximum Gasteiger partial charge on any atom is 0.0731 e. The summed E-state index contributed by atoms with van der Waals surface area (Å²) < 4.78 is 0. The van der Waals surface area contributed by atoms with Gasteiger partial charge in [0.05, 0.1) is 6.10 Å². The van der Waals surface area contributed by atoms with E-state index in [2.05, 4.69) is 10.7 Å². The van der Waals surface area contributed by atoms with E-state index >= 15 is 0 Å². The van der Waals surface area contributed by atoms with Gasteiger partial charge in [-0.2, -0.15) is 0 Å². The van der Waals surface area contributed by atoms with Crippen LogP contribution in [0.15, 0.2) is 0 Å². The molecule has 1 aliphatic rings. The molecule has 3 N–H and O–H groups in total. The molecule has 1 aliphatic heterocycles. The van der Waals surface area contributed by atoms with Gasteiger partial charge in [-0.25, -0.2) is 5.01 Å². The lowest BCUT2D eigenvalue weighted by Crippen LogP contribution is -2.47. The molecule has 1 rings (SSSR count). The van der Waals surface area contributed by atoms with Gasteiger partial charge in [0.2, 0.25) is 0 Å². The molecular formula is C9H21N3O. The van der Waals surface area contributed by atoms with Gasteiger partial charge < -0.3 is 10.4 Å². The van der Waals surface area contributed by atoms with E-state index < -0.39 is 0 Å². The molecule has 1 heterocycles. The van der Waals surface area contributed by atoms with E-state index in [1.807, 2.05) is 33.0 Å². The van der Waals surface area contributed by atoms with E-state index in [0.717, 1.165) is 13.0 Å². The van der Waals surface area contributed by atoms with E-state index in [4.69, 9.17) is 0 Å². The molecule has 0 bridgehead atoms. The van der Waals surface area contributed by atoms with E-state index in [9.17, 15) is 5.11 Å². The first-order chi connectivity index (χ1) is 5.95. The molecule has 0 amide bonds. The molecule has 4 nitrogen and oxygen atoms in total. The van der Waals surface area contributed by atoms with Gasteiger partial charge >= 0.3 is 0 Å². The summed E-state index contributed by atoms with van der Waals surface area (Å²) >= 11 is 0. The molecule has 0 radical (unpaired) electrons. The summed E-state index contributed by atoms with van der Waals surface area (Å²) in [7, 11) is 3.90. The van der Waals surface area contributed by atoms with Crippen LogP contribution in [0.1, 0.15) is 20.3 Å². The monoisotopic (exact) mass is 187 g/mol. The molecule has 2 atom stereocenters. The van der Waals surface area contributed by atoms with Gasteiger partial charge in [0.15, 0.2) is 0 Å². The second kappa shape index (κ2) is 3.92. The van der Waals surface area contributed by atoms with Crippen molar-refractivity contribution in [2.45, 2.75) is 38.0 Å². The highest BCUT2D eigenvalue weighted by molar-refractivity contribution is 4.98. The fourth-order valence-electron chi connectivity index (χ4n) is 1.79. The zero-order chi connectivity index (χ0) is 10.1. The van der Waals surface area contributed by atoms with Crippen molar-refractivity contribution in [3.63, 3.8) is 0 Å². The second-order valence-corrected chi connectivity index (χ2v) is 4.42. The van der Waals surface area contributed by atoms with Crippen molar-refractivity contribution in [1.82, 2.24) is 15.8 Å². The number of likely N-dealkylation sites (N-methyl/N-ethyl adjacent to an activating group) is 1. The van der Waals surface area contributed by atoms with Crippen LogP contribution in [-0.2, 0) is 0 Å². The number of hydrazine groups is 1. The first kappa shape index (κ1) is 10.9. The molecule has 0 aromatic heterocycles. The van der Waals surface area contributed by atoms with E-state index in [1.165, 1.54) is 0 Å². The predicted molar refractivity (Wildman–Crippen MR) is 53.3 cm³/mol. The van der Waals surface area contributed by atoms with E-state index in [1.54, 1.807) is 0 Å². The smallest absolute Gasteiger partial charge is 0.0731 e. The molecule has 1 saturated heterocycles. The molecule has 0 aliphatic carbocycles. The standard InChI is InChI=1S/C9H21N3O/c1-9(2)8(13)5-7(11-9)6-12(4)10-3/h7-8,10-11,13H,5-6H2,1-4H3. The van der Waals surface area contributed by atoms with Crippen LogP contribution in [0.5, 0.6) is 0 Å². The second-order valence-electron chi connectivity index (χ2n) is 4.42. The average Bonchev–Trinajstić information content (AvgIpc) is 2.25. The molecule has 2 unspecified atom stereocenters. The lowest BCUT2D eigenvalue weighted by Gasteiger charge is -2.24. The normalized spacial score (nSPS) is 32.8. The predicted octanol–water partition coefficient (Wildman–Crippen LogP) is -0.446. The molecule has 13 heavy (non-hydrogen) atoms. The van der Waals surface area contributed by atoms with Crippen LogP contribution in [0.2, 0.25) is 0 Å². The van der Waals surface area contributed by atoms with Gasteiger partial charge in [-0.1, -0.05) is 0 Å². The van der Waals surface area contributed by atoms with E-state index in [0.29, 0.717) is 6.04 Å². The summed E-state index contributed by atoms with van der Waals surface area (Å²) in [5.41, 5.74) is 2.91. The van der Waals surface area contributed by atoms with E-state index in [-0.39, 0.29) is 11.6 Å². The van der Waals surface area contributed by atoms with Crippen molar-refractivity contribution >= 4 is 0 Å². The Balaban J connectivity index is 2.40. The highest BCUT2D eigenvalue weighted by atomic mass is 16.3. The number of nitrogens with one attached hydrogen (secondary N) is 2. The summed E-state index contributed by atoms with van der Waals surface area (Å²) in [6.07, 6.45) is 0.599. The minimum Gasteiger partial charge on any atom is -0.391 e. The third-order valence-electron chi connectivity index (χ3n) is 2.79. The summed E-state index contributed by atoms with van der Waals surface area (Å²) in [6, 6.07) is 0.377. The summed E-state index contributed by atoms with van der Waals surface area (Å²) in [4.78, 5) is 0. The SMILES string of the molecule is CNN(C)CC1CC(O)C(C)(C)N1. The Labute approximate surface area is 80.3 Å². The first-order valence-corrected chi connectivity index (χ1v) is 4.80. The van der Waals surface area contributed by atoms with Gasteiger partial charge in [-0.05, 0) is 27.3 Å². The molecule has 4 heteroatoms. The van der Waals surface area contributed by atoms with Crippen LogP contribution in [-0.4, -0.2) is 48.4 Å². The number of aliphatic hydroxyl groups excluding tert-OH is 1. The van der Waals surface area contributed by atoms with Crippen LogP contribution in [0.3, 0.4) is 0 Å². The first-order valence-electron chi connectivity index (χ1n) is 4.80. The highest BCUT2D eigenvalue weighted by Crippen LogP contribution is 2.22. The Bertz CT molecular complexity index is 172. The van der Waals surface area contributed by atoms with Crippen molar-refractivity contribution in [3.8, 4) is 0 Å².